The second kappa shape index (κ2) is 5.86. The fourth-order valence-corrected chi connectivity index (χ4v) is 2.13. The smallest absolute Gasteiger partial charge is 0.346 e. The Bertz CT molecular complexity index is 747. The van der Waals surface area contributed by atoms with Gasteiger partial charge >= 0.3 is 11.9 Å². The van der Waals surface area contributed by atoms with Crippen LogP contribution in [0.5, 0.6) is 0 Å². The van der Waals surface area contributed by atoms with Crippen molar-refractivity contribution < 1.29 is 27.3 Å². The molecule has 2 aromatic carbocycles. The van der Waals surface area contributed by atoms with E-state index in [4.69, 9.17) is 4.55 Å². The van der Waals surface area contributed by atoms with Gasteiger partial charge < -0.3 is 4.74 Å². The Morgan fingerprint density at radius 3 is 1.57 bits per heavy atom. The Balaban J connectivity index is 0.000000155. The van der Waals surface area contributed by atoms with Gasteiger partial charge in [0.05, 0.1) is 16.0 Å². The third kappa shape index (κ3) is 3.53. The van der Waals surface area contributed by atoms with Crippen LogP contribution in [0.1, 0.15) is 20.7 Å². The highest BCUT2D eigenvalue weighted by molar-refractivity contribution is 7.85. The largest absolute Gasteiger partial charge is 0.386 e. The number of carbonyl (C=O) groups excluding carboxylic acids is 2. The fraction of sp³-hybridized carbons (Fsp3) is 0. The zero-order chi connectivity index (χ0) is 15.5. The van der Waals surface area contributed by atoms with Gasteiger partial charge in [-0.25, -0.2) is 9.59 Å². The van der Waals surface area contributed by atoms with Crippen molar-refractivity contribution in [2.24, 2.45) is 0 Å². The molecule has 21 heavy (non-hydrogen) atoms. The van der Waals surface area contributed by atoms with Crippen molar-refractivity contribution in [2.75, 3.05) is 0 Å². The number of benzene rings is 2. The van der Waals surface area contributed by atoms with Crippen LogP contribution in [0.4, 0.5) is 0 Å². The van der Waals surface area contributed by atoms with E-state index in [0.717, 1.165) is 0 Å². The molecule has 0 saturated carbocycles. The molecule has 1 N–H and O–H groups in total. The minimum absolute atomic E-state index is 0.0741. The lowest BCUT2D eigenvalue weighted by molar-refractivity contribution is 0.0443. The van der Waals surface area contributed by atoms with Gasteiger partial charge in [0.1, 0.15) is 0 Å². The normalized spacial score (nSPS) is 13.0. The second-order valence-electron chi connectivity index (χ2n) is 4.01. The first-order valence-electron chi connectivity index (χ1n) is 5.77. The molecule has 0 aliphatic carbocycles. The van der Waals surface area contributed by atoms with E-state index in [9.17, 15) is 18.0 Å². The van der Waals surface area contributed by atoms with Crippen LogP contribution >= 0.6 is 0 Å². The second-order valence-corrected chi connectivity index (χ2v) is 5.43. The van der Waals surface area contributed by atoms with Gasteiger partial charge in [0, 0.05) is 0 Å². The number of fused-ring (bicyclic) bond motifs is 1. The number of hydrogen-bond donors (Lipinski definition) is 1. The van der Waals surface area contributed by atoms with Gasteiger partial charge in [0.25, 0.3) is 10.1 Å². The van der Waals surface area contributed by atoms with Gasteiger partial charge in [-0.3, -0.25) is 4.55 Å². The van der Waals surface area contributed by atoms with Crippen LogP contribution in [0.2, 0.25) is 0 Å². The molecule has 2 aromatic rings. The summed E-state index contributed by atoms with van der Waals surface area (Å²) in [5, 5.41) is 0. The summed E-state index contributed by atoms with van der Waals surface area (Å²) in [6.07, 6.45) is 0. The van der Waals surface area contributed by atoms with E-state index in [2.05, 4.69) is 4.74 Å². The van der Waals surface area contributed by atoms with E-state index in [1.807, 2.05) is 0 Å². The highest BCUT2D eigenvalue weighted by Crippen LogP contribution is 2.18. The number of ether oxygens (including phenoxy) is 1. The van der Waals surface area contributed by atoms with Crippen molar-refractivity contribution in [1.29, 1.82) is 0 Å². The Morgan fingerprint density at radius 2 is 1.19 bits per heavy atom. The molecule has 0 bridgehead atoms. The highest BCUT2D eigenvalue weighted by Gasteiger charge is 2.28. The molecular weight excluding hydrogens is 296 g/mol. The highest BCUT2D eigenvalue weighted by atomic mass is 32.2. The Hall–Kier alpha value is -2.51. The summed E-state index contributed by atoms with van der Waals surface area (Å²) in [5.74, 6) is -1.10. The standard InChI is InChI=1S/C8H4O3.C6H6O3S/c9-7-5-3-1-2-4-6(5)8(10)11-7;7-10(8,9)6-4-2-1-3-5-6/h1-4H;1-5H,(H,7,8,9). The number of carbonyl (C=O) groups is 2. The topological polar surface area (TPSA) is 97.7 Å². The maximum atomic E-state index is 10.8. The molecule has 0 unspecified atom stereocenters. The lowest BCUT2D eigenvalue weighted by Crippen LogP contribution is -1.96. The molecule has 108 valence electrons. The maximum absolute atomic E-state index is 10.8. The summed E-state index contributed by atoms with van der Waals surface area (Å²) in [6, 6.07) is 14.0. The fourth-order valence-electron chi connectivity index (χ4n) is 1.63. The van der Waals surface area contributed by atoms with E-state index in [1.54, 1.807) is 42.5 Å². The van der Waals surface area contributed by atoms with Crippen LogP contribution in [0.3, 0.4) is 0 Å². The molecule has 0 atom stereocenters. The van der Waals surface area contributed by atoms with E-state index in [-0.39, 0.29) is 4.90 Å². The van der Waals surface area contributed by atoms with Crippen molar-refractivity contribution >= 4 is 22.1 Å². The molecule has 0 aromatic heterocycles. The Labute approximate surface area is 120 Å². The van der Waals surface area contributed by atoms with Gasteiger partial charge in [0.2, 0.25) is 0 Å². The van der Waals surface area contributed by atoms with Crippen molar-refractivity contribution in [3.05, 3.63) is 65.7 Å². The Kier molecular flexibility index (Phi) is 4.15. The first kappa shape index (κ1) is 14.9. The SMILES string of the molecule is O=C1OC(=O)c2ccccc21.O=S(=O)(O)c1ccccc1. The molecule has 0 radical (unpaired) electrons. The summed E-state index contributed by atoms with van der Waals surface area (Å²) in [7, 11) is -4.00. The average molecular weight is 306 g/mol. The summed E-state index contributed by atoms with van der Waals surface area (Å²) in [4.78, 5) is 21.6. The maximum Gasteiger partial charge on any atom is 0.346 e. The number of rotatable bonds is 1. The first-order chi connectivity index (χ1) is 9.89. The zero-order valence-corrected chi connectivity index (χ0v) is 11.4. The zero-order valence-electron chi connectivity index (χ0n) is 10.6. The van der Waals surface area contributed by atoms with Gasteiger partial charge in [-0.1, -0.05) is 30.3 Å². The van der Waals surface area contributed by atoms with E-state index in [0.29, 0.717) is 11.1 Å². The molecule has 1 aliphatic rings. The molecule has 0 fully saturated rings. The van der Waals surface area contributed by atoms with Crippen molar-refractivity contribution in [3.63, 3.8) is 0 Å². The van der Waals surface area contributed by atoms with Crippen LogP contribution in [-0.2, 0) is 14.9 Å². The first-order valence-corrected chi connectivity index (χ1v) is 7.21. The Morgan fingerprint density at radius 1 is 0.762 bits per heavy atom. The van der Waals surface area contributed by atoms with Crippen LogP contribution in [0.15, 0.2) is 59.5 Å². The molecule has 0 spiro atoms. The van der Waals surface area contributed by atoms with E-state index in [1.165, 1.54) is 12.1 Å². The monoisotopic (exact) mass is 306 g/mol. The quantitative estimate of drug-likeness (QED) is 0.491. The van der Waals surface area contributed by atoms with Crippen LogP contribution in [-0.4, -0.2) is 24.9 Å². The predicted octanol–water partition coefficient (Wildman–Crippen LogP) is 1.93. The summed E-state index contributed by atoms with van der Waals surface area (Å²) < 4.78 is 33.6. The minimum Gasteiger partial charge on any atom is -0.386 e. The summed E-state index contributed by atoms with van der Waals surface area (Å²) in [6.45, 7) is 0. The van der Waals surface area contributed by atoms with Gasteiger partial charge in [0.15, 0.2) is 0 Å². The number of hydrogen-bond acceptors (Lipinski definition) is 5. The van der Waals surface area contributed by atoms with E-state index < -0.39 is 22.1 Å². The lowest BCUT2D eigenvalue weighted by Gasteiger charge is -1.92. The third-order valence-electron chi connectivity index (χ3n) is 2.59. The van der Waals surface area contributed by atoms with Crippen LogP contribution in [0.25, 0.3) is 0 Å². The van der Waals surface area contributed by atoms with Crippen LogP contribution < -0.4 is 0 Å². The van der Waals surface area contributed by atoms with Gasteiger partial charge in [-0.15, -0.1) is 0 Å². The third-order valence-corrected chi connectivity index (χ3v) is 3.46. The molecular formula is C14H10O6S. The van der Waals surface area contributed by atoms with Crippen molar-refractivity contribution in [1.82, 2.24) is 0 Å². The van der Waals surface area contributed by atoms with Crippen molar-refractivity contribution in [2.45, 2.75) is 4.90 Å². The van der Waals surface area contributed by atoms with Gasteiger partial charge in [-0.2, -0.15) is 8.42 Å². The van der Waals surface area contributed by atoms with Gasteiger partial charge in [-0.05, 0) is 24.3 Å². The van der Waals surface area contributed by atoms with E-state index >= 15 is 0 Å². The number of cyclic esters (lactones) is 2. The molecule has 1 heterocycles. The molecule has 1 aliphatic heterocycles. The molecule has 7 heteroatoms. The summed E-state index contributed by atoms with van der Waals surface area (Å²) in [5.41, 5.74) is 0.718. The molecule has 0 saturated heterocycles. The molecule has 0 amide bonds. The predicted molar refractivity (Wildman–Crippen MR) is 72.4 cm³/mol. The van der Waals surface area contributed by atoms with Crippen LogP contribution in [0, 0.1) is 0 Å². The average Bonchev–Trinajstić information content (AvgIpc) is 2.76. The number of esters is 2. The molecule has 3 rings (SSSR count). The minimum atomic E-state index is -4.00. The van der Waals surface area contributed by atoms with Crippen molar-refractivity contribution in [3.8, 4) is 0 Å². The lowest BCUT2D eigenvalue weighted by atomic mass is 10.1. The molecule has 6 nitrogen and oxygen atoms in total. The summed E-state index contributed by atoms with van der Waals surface area (Å²) >= 11 is 0.